The average molecular weight is 365 g/mol. The molecule has 3 rings (SSSR count). The second-order valence-corrected chi connectivity index (χ2v) is 6.94. The van der Waals surface area contributed by atoms with Gasteiger partial charge in [-0.2, -0.15) is 10.4 Å². The fraction of sp³-hybridized carbons (Fsp3) is 0.400. The lowest BCUT2D eigenvalue weighted by atomic mass is 9.74. The van der Waals surface area contributed by atoms with Crippen LogP contribution >= 0.6 is 0 Å². The fourth-order valence-corrected chi connectivity index (χ4v) is 3.35. The zero-order chi connectivity index (χ0) is 19.3. The Kier molecular flexibility index (Phi) is 5.55. The number of hydrogen-bond acceptors (Lipinski definition) is 4. The first-order valence-corrected chi connectivity index (χ1v) is 9.17. The average Bonchev–Trinajstić information content (AvgIpc) is 3.23. The summed E-state index contributed by atoms with van der Waals surface area (Å²) in [5, 5.41) is 19.3. The van der Waals surface area contributed by atoms with E-state index in [-0.39, 0.29) is 11.8 Å². The standard InChI is InChI=1S/C20H23N5O2/c1-15(25-12-6-11-22-25)18(26)23-16-7-5-8-17(13-16)24-19(27)20(14-21)9-3-2-4-10-20/h5-8,11-13,15H,2-4,9-10H2,1H3,(H,23,26)(H,24,27)/t15-/m0/s1. The number of hydrogen-bond donors (Lipinski definition) is 2. The molecular formula is C20H23N5O2. The number of carbonyl (C=O) groups is 2. The van der Waals surface area contributed by atoms with Crippen molar-refractivity contribution >= 4 is 23.2 Å². The van der Waals surface area contributed by atoms with Crippen molar-refractivity contribution in [1.29, 1.82) is 5.26 Å². The maximum absolute atomic E-state index is 12.7. The fourth-order valence-electron chi connectivity index (χ4n) is 3.35. The van der Waals surface area contributed by atoms with Crippen molar-refractivity contribution in [2.24, 2.45) is 5.41 Å². The molecule has 2 aromatic rings. The first-order valence-electron chi connectivity index (χ1n) is 9.17. The SMILES string of the molecule is C[C@@H](C(=O)Nc1cccc(NC(=O)C2(C#N)CCCCC2)c1)n1cccn1. The molecule has 0 bridgehead atoms. The number of anilines is 2. The Balaban J connectivity index is 1.67. The summed E-state index contributed by atoms with van der Waals surface area (Å²) in [5.74, 6) is -0.471. The van der Waals surface area contributed by atoms with Crippen molar-refractivity contribution in [1.82, 2.24) is 9.78 Å². The Morgan fingerprint density at radius 1 is 1.19 bits per heavy atom. The van der Waals surface area contributed by atoms with Gasteiger partial charge in [-0.1, -0.05) is 25.3 Å². The lowest BCUT2D eigenvalue weighted by Crippen LogP contribution is -2.36. The van der Waals surface area contributed by atoms with Crippen molar-refractivity contribution < 1.29 is 9.59 Å². The van der Waals surface area contributed by atoms with Crippen molar-refractivity contribution in [3.05, 3.63) is 42.7 Å². The molecule has 1 aliphatic rings. The Morgan fingerprint density at radius 3 is 2.52 bits per heavy atom. The predicted molar refractivity (Wildman–Crippen MR) is 102 cm³/mol. The summed E-state index contributed by atoms with van der Waals surface area (Å²) in [5.41, 5.74) is 0.183. The van der Waals surface area contributed by atoms with Crippen molar-refractivity contribution in [2.75, 3.05) is 10.6 Å². The molecule has 7 heteroatoms. The molecule has 0 radical (unpaired) electrons. The molecule has 2 amide bonds. The number of carbonyl (C=O) groups excluding carboxylic acids is 2. The highest BCUT2D eigenvalue weighted by Crippen LogP contribution is 2.36. The maximum atomic E-state index is 12.7. The molecule has 1 fully saturated rings. The molecule has 1 aromatic carbocycles. The van der Waals surface area contributed by atoms with Crippen LogP contribution in [0.25, 0.3) is 0 Å². The number of rotatable bonds is 5. The zero-order valence-corrected chi connectivity index (χ0v) is 15.3. The summed E-state index contributed by atoms with van der Waals surface area (Å²) in [6.07, 6.45) is 7.38. The third kappa shape index (κ3) is 4.17. The second-order valence-electron chi connectivity index (χ2n) is 6.94. The van der Waals surface area contributed by atoms with Gasteiger partial charge in [-0.15, -0.1) is 0 Å². The molecule has 1 saturated carbocycles. The smallest absolute Gasteiger partial charge is 0.248 e. The van der Waals surface area contributed by atoms with Gasteiger partial charge in [0.2, 0.25) is 11.8 Å². The third-order valence-corrected chi connectivity index (χ3v) is 5.04. The Hall–Kier alpha value is -3.14. The third-order valence-electron chi connectivity index (χ3n) is 5.04. The highest BCUT2D eigenvalue weighted by molar-refractivity contribution is 5.98. The van der Waals surface area contributed by atoms with Crippen molar-refractivity contribution in [2.45, 2.75) is 45.1 Å². The summed E-state index contributed by atoms with van der Waals surface area (Å²) in [6, 6.07) is 10.5. The van der Waals surface area contributed by atoms with E-state index < -0.39 is 11.5 Å². The molecule has 7 nitrogen and oxygen atoms in total. The molecule has 0 unspecified atom stereocenters. The van der Waals surface area contributed by atoms with E-state index in [1.54, 1.807) is 54.3 Å². The maximum Gasteiger partial charge on any atom is 0.248 e. The van der Waals surface area contributed by atoms with Gasteiger partial charge in [0.05, 0.1) is 6.07 Å². The van der Waals surface area contributed by atoms with Gasteiger partial charge in [0.25, 0.3) is 0 Å². The first kappa shape index (κ1) is 18.6. The number of nitrogens with one attached hydrogen (secondary N) is 2. The van der Waals surface area contributed by atoms with E-state index in [0.717, 1.165) is 19.3 Å². The van der Waals surface area contributed by atoms with Gasteiger partial charge in [0.1, 0.15) is 11.5 Å². The minimum absolute atomic E-state index is 0.206. The quantitative estimate of drug-likeness (QED) is 0.847. The van der Waals surface area contributed by atoms with Gasteiger partial charge in [0, 0.05) is 23.8 Å². The van der Waals surface area contributed by atoms with E-state index in [0.29, 0.717) is 24.2 Å². The van der Waals surface area contributed by atoms with Gasteiger partial charge in [-0.3, -0.25) is 14.3 Å². The highest BCUT2D eigenvalue weighted by Gasteiger charge is 2.39. The summed E-state index contributed by atoms with van der Waals surface area (Å²) in [6.45, 7) is 1.76. The Labute approximate surface area is 158 Å². The van der Waals surface area contributed by atoms with Gasteiger partial charge < -0.3 is 10.6 Å². The van der Waals surface area contributed by atoms with Crippen LogP contribution in [0.4, 0.5) is 11.4 Å². The van der Waals surface area contributed by atoms with Crippen LogP contribution in [0.5, 0.6) is 0 Å². The van der Waals surface area contributed by atoms with Crippen LogP contribution in [0.2, 0.25) is 0 Å². The first-order chi connectivity index (χ1) is 13.0. The van der Waals surface area contributed by atoms with Gasteiger partial charge in [0.15, 0.2) is 0 Å². The van der Waals surface area contributed by atoms with Crippen LogP contribution in [-0.4, -0.2) is 21.6 Å². The summed E-state index contributed by atoms with van der Waals surface area (Å²) in [7, 11) is 0. The van der Waals surface area contributed by atoms with Crippen molar-refractivity contribution in [3.63, 3.8) is 0 Å². The molecule has 1 heterocycles. The van der Waals surface area contributed by atoms with Crippen LogP contribution in [0.3, 0.4) is 0 Å². The molecule has 2 N–H and O–H groups in total. The van der Waals surface area contributed by atoms with Crippen LogP contribution in [-0.2, 0) is 9.59 Å². The Bertz CT molecular complexity index is 848. The van der Waals surface area contributed by atoms with Crippen LogP contribution in [0, 0.1) is 16.7 Å². The summed E-state index contributed by atoms with van der Waals surface area (Å²) >= 11 is 0. The Morgan fingerprint density at radius 2 is 1.89 bits per heavy atom. The van der Waals surface area contributed by atoms with E-state index in [1.807, 2.05) is 0 Å². The summed E-state index contributed by atoms with van der Waals surface area (Å²) in [4.78, 5) is 25.1. The lowest BCUT2D eigenvalue weighted by molar-refractivity contribution is -0.124. The molecule has 140 valence electrons. The van der Waals surface area contributed by atoms with Crippen LogP contribution in [0.1, 0.15) is 45.1 Å². The van der Waals surface area contributed by atoms with Gasteiger partial charge in [-0.05, 0) is 44.0 Å². The van der Waals surface area contributed by atoms with E-state index in [1.165, 1.54) is 0 Å². The number of nitrogens with zero attached hydrogens (tertiary/aromatic N) is 3. The van der Waals surface area contributed by atoms with E-state index in [2.05, 4.69) is 21.8 Å². The van der Waals surface area contributed by atoms with Crippen molar-refractivity contribution in [3.8, 4) is 6.07 Å². The number of amides is 2. The van der Waals surface area contributed by atoms with Crippen LogP contribution < -0.4 is 10.6 Å². The van der Waals surface area contributed by atoms with Gasteiger partial charge >= 0.3 is 0 Å². The van der Waals surface area contributed by atoms with E-state index in [4.69, 9.17) is 0 Å². The molecule has 1 atom stereocenters. The summed E-state index contributed by atoms with van der Waals surface area (Å²) < 4.78 is 1.57. The largest absolute Gasteiger partial charge is 0.325 e. The highest BCUT2D eigenvalue weighted by atomic mass is 16.2. The number of nitriles is 1. The number of benzene rings is 1. The molecule has 1 aliphatic carbocycles. The monoisotopic (exact) mass is 365 g/mol. The zero-order valence-electron chi connectivity index (χ0n) is 15.3. The normalized spacial score (nSPS) is 16.7. The predicted octanol–water partition coefficient (Wildman–Crippen LogP) is 3.50. The number of aromatic nitrogens is 2. The molecule has 27 heavy (non-hydrogen) atoms. The second kappa shape index (κ2) is 8.04. The molecular weight excluding hydrogens is 342 g/mol. The van der Waals surface area contributed by atoms with E-state index >= 15 is 0 Å². The van der Waals surface area contributed by atoms with E-state index in [9.17, 15) is 14.9 Å². The minimum Gasteiger partial charge on any atom is -0.325 e. The molecule has 0 aliphatic heterocycles. The van der Waals surface area contributed by atoms with Crippen LogP contribution in [0.15, 0.2) is 42.7 Å². The molecule has 0 saturated heterocycles. The molecule has 0 spiro atoms. The molecule has 1 aromatic heterocycles. The minimum atomic E-state index is -0.952. The topological polar surface area (TPSA) is 99.8 Å². The van der Waals surface area contributed by atoms with Gasteiger partial charge in [-0.25, -0.2) is 0 Å². The lowest BCUT2D eigenvalue weighted by Gasteiger charge is -2.29.